The first kappa shape index (κ1) is 23.3. The second kappa shape index (κ2) is 10.7. The van der Waals surface area contributed by atoms with Gasteiger partial charge in [-0.2, -0.15) is 0 Å². The van der Waals surface area contributed by atoms with E-state index >= 15 is 0 Å². The monoisotopic (exact) mass is 412 g/mol. The number of carboxylic acids is 1. The van der Waals surface area contributed by atoms with Crippen LogP contribution in [0.5, 0.6) is 0 Å². The Morgan fingerprint density at radius 1 is 1.17 bits per heavy atom. The number of carbonyl (C=O) groups is 3. The fraction of sp³-hybridized carbons (Fsp3) is 0.348. The minimum Gasteiger partial charge on any atom is -0.481 e. The van der Waals surface area contributed by atoms with E-state index in [0.29, 0.717) is 17.7 Å². The van der Waals surface area contributed by atoms with Crippen molar-refractivity contribution in [2.45, 2.75) is 38.8 Å². The predicted molar refractivity (Wildman–Crippen MR) is 114 cm³/mol. The van der Waals surface area contributed by atoms with E-state index in [1.54, 1.807) is 18.2 Å². The third-order valence-corrected chi connectivity index (χ3v) is 5.02. The summed E-state index contributed by atoms with van der Waals surface area (Å²) in [5, 5.41) is 24.1. The van der Waals surface area contributed by atoms with E-state index in [4.69, 9.17) is 5.11 Å². The molecule has 30 heavy (non-hydrogen) atoms. The van der Waals surface area contributed by atoms with Crippen LogP contribution in [-0.4, -0.2) is 41.0 Å². The lowest BCUT2D eigenvalue weighted by Gasteiger charge is -2.17. The average Bonchev–Trinajstić information content (AvgIpc) is 3.01. The minimum absolute atomic E-state index is 0.0902. The number of anilines is 1. The van der Waals surface area contributed by atoms with Crippen LogP contribution < -0.4 is 10.6 Å². The molecular weight excluding hydrogens is 384 g/mol. The zero-order chi connectivity index (χ0) is 22.3. The number of rotatable bonds is 6. The number of ketones is 1. The zero-order valence-electron chi connectivity index (χ0n) is 17.4. The van der Waals surface area contributed by atoms with Crippen LogP contribution in [-0.2, 0) is 16.0 Å². The number of amides is 1. The summed E-state index contributed by atoms with van der Waals surface area (Å²) >= 11 is 0. The molecule has 3 unspecified atom stereocenters. The largest absolute Gasteiger partial charge is 0.481 e. The molecule has 1 aliphatic carbocycles. The van der Waals surface area contributed by atoms with Gasteiger partial charge in [0.2, 0.25) is 5.91 Å². The molecule has 0 aliphatic heterocycles. The minimum atomic E-state index is -0.969. The summed E-state index contributed by atoms with van der Waals surface area (Å²) in [6, 6.07) is 14.8. The van der Waals surface area contributed by atoms with Crippen LogP contribution in [0.4, 0.5) is 5.69 Å². The lowest BCUT2D eigenvalue weighted by atomic mass is 10.0. The molecule has 3 atom stereocenters. The van der Waals surface area contributed by atoms with E-state index in [0.717, 1.165) is 11.1 Å². The van der Waals surface area contributed by atoms with Gasteiger partial charge in [0.05, 0.1) is 12.5 Å². The highest BCUT2D eigenvalue weighted by atomic mass is 16.4. The van der Waals surface area contributed by atoms with Gasteiger partial charge in [-0.3, -0.25) is 14.4 Å². The maximum absolute atomic E-state index is 11.9. The van der Waals surface area contributed by atoms with E-state index in [2.05, 4.69) is 10.6 Å². The van der Waals surface area contributed by atoms with Crippen molar-refractivity contribution in [2.75, 3.05) is 12.4 Å². The van der Waals surface area contributed by atoms with Gasteiger partial charge in [0.25, 0.3) is 0 Å². The number of carbonyl (C=O) groups excluding carboxylic acids is 2. The first-order chi connectivity index (χ1) is 14.2. The molecule has 7 nitrogen and oxygen atoms in total. The Morgan fingerprint density at radius 2 is 1.83 bits per heavy atom. The van der Waals surface area contributed by atoms with Crippen molar-refractivity contribution in [2.24, 2.45) is 5.92 Å². The quantitative estimate of drug-likeness (QED) is 0.580. The summed E-state index contributed by atoms with van der Waals surface area (Å²) in [5.74, 6) is -1.75. The van der Waals surface area contributed by atoms with Crippen LogP contribution in [0, 0.1) is 5.92 Å². The molecule has 0 saturated carbocycles. The summed E-state index contributed by atoms with van der Waals surface area (Å²) in [6.07, 6.45) is -0.146. The van der Waals surface area contributed by atoms with Gasteiger partial charge >= 0.3 is 5.97 Å². The number of benzene rings is 2. The van der Waals surface area contributed by atoms with Crippen molar-refractivity contribution >= 4 is 23.3 Å². The van der Waals surface area contributed by atoms with E-state index in [9.17, 15) is 19.5 Å². The first-order valence-electron chi connectivity index (χ1n) is 9.79. The maximum atomic E-state index is 11.9. The Kier molecular flexibility index (Phi) is 8.26. The van der Waals surface area contributed by atoms with Gasteiger partial charge in [-0.1, -0.05) is 30.3 Å². The molecule has 4 N–H and O–H groups in total. The van der Waals surface area contributed by atoms with Crippen LogP contribution in [0.15, 0.2) is 48.5 Å². The molecule has 0 saturated heterocycles. The summed E-state index contributed by atoms with van der Waals surface area (Å²) in [6.45, 7) is 3.36. The van der Waals surface area contributed by atoms with Crippen molar-refractivity contribution in [3.63, 3.8) is 0 Å². The van der Waals surface area contributed by atoms with Gasteiger partial charge in [-0.15, -0.1) is 0 Å². The van der Waals surface area contributed by atoms with E-state index in [-0.39, 0.29) is 24.2 Å². The third kappa shape index (κ3) is 6.23. The van der Waals surface area contributed by atoms with Gasteiger partial charge in [-0.05, 0) is 49.7 Å². The topological polar surface area (TPSA) is 116 Å². The molecule has 3 rings (SSSR count). The summed E-state index contributed by atoms with van der Waals surface area (Å²) < 4.78 is 0. The molecule has 0 radical (unpaired) electrons. The molecule has 0 fully saturated rings. The van der Waals surface area contributed by atoms with Gasteiger partial charge < -0.3 is 20.8 Å². The Morgan fingerprint density at radius 3 is 2.40 bits per heavy atom. The predicted octanol–water partition coefficient (Wildman–Crippen LogP) is 2.80. The number of aliphatic carboxylic acids is 1. The molecule has 0 spiro atoms. The number of aliphatic hydroxyl groups excluding tert-OH is 1. The van der Waals surface area contributed by atoms with E-state index < -0.39 is 18.0 Å². The fourth-order valence-electron chi connectivity index (χ4n) is 3.33. The van der Waals surface area contributed by atoms with Gasteiger partial charge in [0, 0.05) is 30.1 Å². The SMILES string of the molecule is CC(=O)Nc1ccc2c(c1)CC(CC(=O)O)C2=O.CNC(C)C(O)c1ccccc1. The molecule has 1 aliphatic rings. The zero-order valence-corrected chi connectivity index (χ0v) is 17.4. The second-order valence-corrected chi connectivity index (χ2v) is 7.35. The highest BCUT2D eigenvalue weighted by molar-refractivity contribution is 6.04. The first-order valence-corrected chi connectivity index (χ1v) is 9.79. The highest BCUT2D eigenvalue weighted by Crippen LogP contribution is 2.30. The fourth-order valence-corrected chi connectivity index (χ4v) is 3.33. The summed E-state index contributed by atoms with van der Waals surface area (Å²) in [5.41, 5.74) is 2.96. The maximum Gasteiger partial charge on any atom is 0.304 e. The number of hydrogen-bond acceptors (Lipinski definition) is 5. The molecule has 2 aromatic carbocycles. The van der Waals surface area contributed by atoms with Crippen LogP contribution in [0.2, 0.25) is 0 Å². The summed E-state index contributed by atoms with van der Waals surface area (Å²) in [4.78, 5) is 33.5. The Bertz CT molecular complexity index is 898. The number of fused-ring (bicyclic) bond motifs is 1. The number of Topliss-reactive ketones (excluding diaryl/α,β-unsaturated/α-hetero) is 1. The van der Waals surface area contributed by atoms with Crippen molar-refractivity contribution in [1.82, 2.24) is 5.32 Å². The van der Waals surface area contributed by atoms with Crippen molar-refractivity contribution in [3.8, 4) is 0 Å². The Labute approximate surface area is 176 Å². The average molecular weight is 412 g/mol. The molecule has 0 aromatic heterocycles. The van der Waals surface area contributed by atoms with Crippen molar-refractivity contribution in [3.05, 3.63) is 65.2 Å². The molecule has 0 heterocycles. The Hall–Kier alpha value is -3.03. The number of hydrogen-bond donors (Lipinski definition) is 4. The smallest absolute Gasteiger partial charge is 0.304 e. The van der Waals surface area contributed by atoms with Crippen molar-refractivity contribution in [1.29, 1.82) is 0 Å². The molecule has 7 heteroatoms. The summed E-state index contributed by atoms with van der Waals surface area (Å²) in [7, 11) is 1.84. The molecule has 2 aromatic rings. The lowest BCUT2D eigenvalue weighted by molar-refractivity contribution is -0.137. The van der Waals surface area contributed by atoms with Crippen LogP contribution in [0.25, 0.3) is 0 Å². The molecule has 160 valence electrons. The standard InChI is InChI=1S/C13H13NO4.C10H15NO/c1-7(15)14-10-2-3-11-8(5-10)4-9(13(11)18)6-12(16)17;1-8(11-2)10(12)9-6-4-3-5-7-9/h2-3,5,9H,4,6H2,1H3,(H,14,15)(H,16,17);3-8,10-12H,1-2H3. The normalized spacial score (nSPS) is 16.7. The van der Waals surface area contributed by atoms with Gasteiger partial charge in [0.15, 0.2) is 5.78 Å². The van der Waals surface area contributed by atoms with Crippen LogP contribution >= 0.6 is 0 Å². The number of likely N-dealkylation sites (N-methyl/N-ethyl adjacent to an activating group) is 1. The Balaban J connectivity index is 0.000000232. The van der Waals surface area contributed by atoms with Gasteiger partial charge in [-0.25, -0.2) is 0 Å². The van der Waals surface area contributed by atoms with Gasteiger partial charge in [0.1, 0.15) is 0 Å². The second-order valence-electron chi connectivity index (χ2n) is 7.35. The highest BCUT2D eigenvalue weighted by Gasteiger charge is 2.32. The number of aliphatic hydroxyl groups is 1. The van der Waals surface area contributed by atoms with E-state index in [1.165, 1.54) is 6.92 Å². The third-order valence-electron chi connectivity index (χ3n) is 5.02. The molecular formula is C23H28N2O5. The number of nitrogens with one attached hydrogen (secondary N) is 2. The van der Waals surface area contributed by atoms with Crippen LogP contribution in [0.3, 0.4) is 0 Å². The van der Waals surface area contributed by atoms with E-state index in [1.807, 2.05) is 44.3 Å². The van der Waals surface area contributed by atoms with Crippen LogP contribution in [0.1, 0.15) is 47.9 Å². The van der Waals surface area contributed by atoms with Crippen molar-refractivity contribution < 1.29 is 24.6 Å². The molecule has 1 amide bonds. The molecule has 0 bridgehead atoms. The number of carboxylic acid groups (broad SMARTS) is 1. The lowest BCUT2D eigenvalue weighted by Crippen LogP contribution is -2.28.